The topological polar surface area (TPSA) is 77.8 Å². The molecule has 34 heavy (non-hydrogen) atoms. The van der Waals surface area contributed by atoms with Gasteiger partial charge >= 0.3 is 5.97 Å². The Kier molecular flexibility index (Phi) is 5.36. The first kappa shape index (κ1) is 24.8. The fourth-order valence-corrected chi connectivity index (χ4v) is 10.7. The molecular weight excluding hydrogens is 424 g/mol. The first-order chi connectivity index (χ1) is 15.7. The van der Waals surface area contributed by atoms with Crippen LogP contribution in [-0.4, -0.2) is 34.0 Å². The molecule has 192 valence electrons. The molecule has 0 aromatic heterocycles. The second-order valence-electron chi connectivity index (χ2n) is 14.9. The zero-order valence-electron chi connectivity index (χ0n) is 22.4. The van der Waals surface area contributed by atoms with Crippen molar-refractivity contribution >= 4 is 5.97 Å². The minimum Gasteiger partial charge on any atom is -0.481 e. The van der Waals surface area contributed by atoms with Crippen LogP contribution >= 0.6 is 0 Å². The maximum Gasteiger partial charge on any atom is 0.310 e. The van der Waals surface area contributed by atoms with Crippen LogP contribution in [-0.2, 0) is 4.79 Å². The van der Waals surface area contributed by atoms with Crippen molar-refractivity contribution in [2.75, 3.05) is 6.61 Å². The van der Waals surface area contributed by atoms with Crippen molar-refractivity contribution < 1.29 is 20.1 Å². The van der Waals surface area contributed by atoms with E-state index in [1.807, 2.05) is 0 Å². The molecule has 5 rings (SSSR count). The minimum atomic E-state index is -0.588. The van der Waals surface area contributed by atoms with Crippen molar-refractivity contribution in [2.45, 2.75) is 112 Å². The quantitative estimate of drug-likeness (QED) is 0.418. The summed E-state index contributed by atoms with van der Waals surface area (Å²) in [5.41, 5.74) is 0.858. The van der Waals surface area contributed by atoms with Crippen LogP contribution in [0.4, 0.5) is 0 Å². The van der Waals surface area contributed by atoms with Crippen LogP contribution in [0, 0.1) is 50.2 Å². The average molecular weight is 473 g/mol. The Morgan fingerprint density at radius 2 is 1.62 bits per heavy atom. The fourth-order valence-electron chi connectivity index (χ4n) is 10.7. The Balaban J connectivity index is 1.60. The second-order valence-corrected chi connectivity index (χ2v) is 14.9. The van der Waals surface area contributed by atoms with Crippen molar-refractivity contribution in [3.05, 3.63) is 11.6 Å². The molecule has 0 heterocycles. The van der Waals surface area contributed by atoms with Crippen molar-refractivity contribution in [1.82, 2.24) is 0 Å². The third kappa shape index (κ3) is 2.88. The lowest BCUT2D eigenvalue weighted by Gasteiger charge is -2.71. The van der Waals surface area contributed by atoms with Crippen molar-refractivity contribution in [3.8, 4) is 0 Å². The van der Waals surface area contributed by atoms with Gasteiger partial charge in [0.2, 0.25) is 0 Å². The van der Waals surface area contributed by atoms with E-state index in [9.17, 15) is 20.1 Å². The van der Waals surface area contributed by atoms with E-state index >= 15 is 0 Å². The molecule has 0 aromatic carbocycles. The van der Waals surface area contributed by atoms with Crippen molar-refractivity contribution in [3.63, 3.8) is 0 Å². The summed E-state index contributed by atoms with van der Waals surface area (Å²) >= 11 is 0. The Morgan fingerprint density at radius 1 is 0.941 bits per heavy atom. The van der Waals surface area contributed by atoms with Gasteiger partial charge in [-0.05, 0) is 104 Å². The van der Waals surface area contributed by atoms with Crippen molar-refractivity contribution in [2.24, 2.45) is 50.2 Å². The SMILES string of the molecule is CC1(C)CC[C@]2(C(=O)O)CC[C@]3(C)C(=CCC4[C@@]5(C)CCC(O)[C@](C)(CO)C5CC[C@]43C)C2C1. The molecule has 4 nitrogen and oxygen atoms in total. The summed E-state index contributed by atoms with van der Waals surface area (Å²) in [6.07, 6.45) is 11.6. The summed E-state index contributed by atoms with van der Waals surface area (Å²) in [6.45, 7) is 14.3. The normalized spacial score (nSPS) is 54.1. The maximum atomic E-state index is 12.8. The summed E-state index contributed by atoms with van der Waals surface area (Å²) in [5, 5.41) is 31.8. The van der Waals surface area contributed by atoms with Crippen LogP contribution in [0.3, 0.4) is 0 Å². The van der Waals surface area contributed by atoms with Crippen molar-refractivity contribution in [1.29, 1.82) is 0 Å². The Bertz CT molecular complexity index is 907. The van der Waals surface area contributed by atoms with Crippen LogP contribution in [0.15, 0.2) is 11.6 Å². The first-order valence-corrected chi connectivity index (χ1v) is 13.9. The van der Waals surface area contributed by atoms with Crippen LogP contribution in [0.1, 0.15) is 106 Å². The number of aliphatic carboxylic acids is 1. The first-order valence-electron chi connectivity index (χ1n) is 13.9. The number of allylic oxidation sites excluding steroid dienone is 2. The number of fused-ring (bicyclic) bond motifs is 7. The number of aliphatic hydroxyl groups excluding tert-OH is 2. The van der Waals surface area contributed by atoms with E-state index < -0.39 is 22.9 Å². The number of carboxylic acids is 1. The van der Waals surface area contributed by atoms with Crippen LogP contribution < -0.4 is 0 Å². The molecule has 0 spiro atoms. The van der Waals surface area contributed by atoms with Gasteiger partial charge in [0, 0.05) is 5.41 Å². The smallest absolute Gasteiger partial charge is 0.310 e. The molecule has 0 radical (unpaired) electrons. The zero-order chi connectivity index (χ0) is 24.9. The van der Waals surface area contributed by atoms with Gasteiger partial charge in [0.1, 0.15) is 0 Å². The molecule has 4 saturated carbocycles. The molecule has 0 saturated heterocycles. The summed E-state index contributed by atoms with van der Waals surface area (Å²) in [6, 6.07) is 0. The molecule has 0 aliphatic heterocycles. The number of rotatable bonds is 2. The Labute approximate surface area is 206 Å². The molecule has 4 fully saturated rings. The third-order valence-corrected chi connectivity index (χ3v) is 13.2. The summed E-state index contributed by atoms with van der Waals surface area (Å²) < 4.78 is 0. The monoisotopic (exact) mass is 472 g/mol. The highest BCUT2D eigenvalue weighted by Gasteiger charge is 2.69. The number of carboxylic acid groups (broad SMARTS) is 1. The van der Waals surface area contributed by atoms with Crippen LogP contribution in [0.5, 0.6) is 0 Å². The van der Waals surface area contributed by atoms with E-state index in [0.29, 0.717) is 11.8 Å². The molecule has 0 amide bonds. The summed E-state index contributed by atoms with van der Waals surface area (Å²) in [4.78, 5) is 12.8. The molecule has 5 aliphatic rings. The second kappa shape index (κ2) is 7.34. The molecular formula is C30H48O4. The van der Waals surface area contributed by atoms with E-state index in [0.717, 1.165) is 64.2 Å². The number of aliphatic hydroxyl groups is 2. The van der Waals surface area contributed by atoms with Crippen LogP contribution in [0.25, 0.3) is 0 Å². The zero-order valence-corrected chi connectivity index (χ0v) is 22.4. The lowest BCUT2D eigenvalue weighted by molar-refractivity contribution is -0.216. The molecule has 4 unspecified atom stereocenters. The third-order valence-electron chi connectivity index (χ3n) is 13.2. The lowest BCUT2D eigenvalue weighted by atomic mass is 9.33. The van der Waals surface area contributed by atoms with Gasteiger partial charge in [0.05, 0.1) is 18.1 Å². The maximum absolute atomic E-state index is 12.8. The summed E-state index contributed by atoms with van der Waals surface area (Å²) in [5.74, 6) is 0.395. The van der Waals surface area contributed by atoms with Crippen LogP contribution in [0.2, 0.25) is 0 Å². The van der Waals surface area contributed by atoms with E-state index in [4.69, 9.17) is 0 Å². The van der Waals surface area contributed by atoms with Gasteiger partial charge in [0.15, 0.2) is 0 Å². The largest absolute Gasteiger partial charge is 0.481 e. The molecule has 9 atom stereocenters. The molecule has 0 bridgehead atoms. The predicted molar refractivity (Wildman–Crippen MR) is 134 cm³/mol. The molecule has 3 N–H and O–H groups in total. The highest BCUT2D eigenvalue weighted by Crippen LogP contribution is 2.75. The van der Waals surface area contributed by atoms with E-state index in [1.54, 1.807) is 0 Å². The lowest BCUT2D eigenvalue weighted by Crippen LogP contribution is -2.65. The van der Waals surface area contributed by atoms with Gasteiger partial charge in [-0.15, -0.1) is 0 Å². The summed E-state index contributed by atoms with van der Waals surface area (Å²) in [7, 11) is 0. The standard InChI is InChI=1S/C30H48O4/c1-25(2)13-15-30(24(33)34)16-14-28(5)19(20(30)17-25)7-8-22-26(3)11-10-23(32)27(4,18-31)21(26)9-12-29(22,28)6/h7,20-23,31-32H,8-18H2,1-6H3,(H,33,34)/t20?,21?,22?,23?,26-,27+,28+,29+,30-/m0/s1. The van der Waals surface area contributed by atoms with Gasteiger partial charge < -0.3 is 15.3 Å². The highest BCUT2D eigenvalue weighted by atomic mass is 16.4. The molecule has 5 aliphatic carbocycles. The number of hydrogen-bond acceptors (Lipinski definition) is 3. The van der Waals surface area contributed by atoms with E-state index in [1.165, 1.54) is 5.57 Å². The number of carbonyl (C=O) groups is 1. The Morgan fingerprint density at radius 3 is 2.26 bits per heavy atom. The van der Waals surface area contributed by atoms with Gasteiger partial charge in [-0.3, -0.25) is 4.79 Å². The van der Waals surface area contributed by atoms with Gasteiger partial charge in [-0.2, -0.15) is 0 Å². The highest BCUT2D eigenvalue weighted by molar-refractivity contribution is 5.76. The van der Waals surface area contributed by atoms with Gasteiger partial charge in [0.25, 0.3) is 0 Å². The Hall–Kier alpha value is -0.870. The predicted octanol–water partition coefficient (Wildman–Crippen LogP) is 6.21. The minimum absolute atomic E-state index is 0.0204. The van der Waals surface area contributed by atoms with E-state index in [-0.39, 0.29) is 34.2 Å². The van der Waals surface area contributed by atoms with Gasteiger partial charge in [-0.25, -0.2) is 0 Å². The number of hydrogen-bond donors (Lipinski definition) is 3. The van der Waals surface area contributed by atoms with Gasteiger partial charge in [-0.1, -0.05) is 53.2 Å². The molecule has 0 aromatic rings. The van der Waals surface area contributed by atoms with E-state index in [2.05, 4.69) is 47.6 Å². The average Bonchev–Trinajstić information content (AvgIpc) is 2.76. The molecule has 4 heteroatoms. The fraction of sp³-hybridized carbons (Fsp3) is 0.900.